The Labute approximate surface area is 147 Å². The van der Waals surface area contributed by atoms with E-state index in [1.807, 2.05) is 24.4 Å². The van der Waals surface area contributed by atoms with Crippen LogP contribution in [0, 0.1) is 6.20 Å². The van der Waals surface area contributed by atoms with Crippen molar-refractivity contribution in [3.05, 3.63) is 70.4 Å². The Hall–Kier alpha value is -0.726. The van der Waals surface area contributed by atoms with Crippen LogP contribution in [0.1, 0.15) is 13.8 Å². The van der Waals surface area contributed by atoms with E-state index in [0.29, 0.717) is 0 Å². The Morgan fingerprint density at radius 2 is 1.75 bits per heavy atom. The van der Waals surface area contributed by atoms with Gasteiger partial charge < -0.3 is 29.8 Å². The second kappa shape index (κ2) is 11.0. The summed E-state index contributed by atoms with van der Waals surface area (Å²) in [5.74, 6) is 0. The summed E-state index contributed by atoms with van der Waals surface area (Å²) in [6.07, 6.45) is 10.1. The van der Waals surface area contributed by atoms with Crippen LogP contribution in [0.2, 0.25) is 0 Å². The molecule has 0 aliphatic heterocycles. The van der Waals surface area contributed by atoms with Crippen LogP contribution < -0.4 is 35.3 Å². The van der Waals surface area contributed by atoms with Crippen LogP contribution in [0.15, 0.2) is 53.7 Å². The number of hydrogen-bond donors (Lipinski definition) is 1. The molecule has 1 aromatic carbocycles. The van der Waals surface area contributed by atoms with Crippen molar-refractivity contribution in [1.82, 2.24) is 4.98 Å². The molecule has 20 heavy (non-hydrogen) atoms. The van der Waals surface area contributed by atoms with Crippen molar-refractivity contribution >= 4 is 12.2 Å². The summed E-state index contributed by atoms with van der Waals surface area (Å²) in [6.45, 7) is 4.23. The molecule has 0 amide bonds. The molecular weight excluding hydrogens is 325 g/mol. The van der Waals surface area contributed by atoms with E-state index in [0.717, 1.165) is 0 Å². The van der Waals surface area contributed by atoms with Crippen molar-refractivity contribution in [1.29, 1.82) is 0 Å². The van der Waals surface area contributed by atoms with Crippen LogP contribution in [0.3, 0.4) is 0 Å². The van der Waals surface area contributed by atoms with E-state index < -0.39 is 0 Å². The predicted octanol–water partition coefficient (Wildman–Crippen LogP) is -3.71. The van der Waals surface area contributed by atoms with Crippen molar-refractivity contribution in [2.45, 2.75) is 13.8 Å². The molecule has 0 saturated carbocycles. The van der Waals surface area contributed by atoms with Gasteiger partial charge >= 0.3 is 21.7 Å². The zero-order valence-corrected chi connectivity index (χ0v) is 14.4. The average molecular weight is 340 g/mol. The first-order valence-corrected chi connectivity index (χ1v) is 5.65. The van der Waals surface area contributed by atoms with E-state index in [1.165, 1.54) is 21.6 Å². The van der Waals surface area contributed by atoms with Crippen molar-refractivity contribution < 1.29 is 46.5 Å². The molecule has 1 N–H and O–H groups in total. The van der Waals surface area contributed by atoms with Gasteiger partial charge in [0.2, 0.25) is 0 Å². The quantitative estimate of drug-likeness (QED) is 0.375. The summed E-state index contributed by atoms with van der Waals surface area (Å²) < 4.78 is 0. The maximum absolute atomic E-state index is 3.36. The third-order valence-electron chi connectivity index (χ3n) is 2.51. The monoisotopic (exact) mass is 339 g/mol. The van der Waals surface area contributed by atoms with E-state index in [4.69, 9.17) is 0 Å². The molecule has 1 heterocycles. The van der Waals surface area contributed by atoms with Gasteiger partial charge in [0.25, 0.3) is 0 Å². The minimum absolute atomic E-state index is 0. The standard InChI is InChI=1S/C12H11.C4H4N.2ClH.Ti/c1-9(2)12-7-10-5-3-4-6-11(10)8-12;1-2-4-5-3-1;;;/h3-7H,1-2H3;1-3,5H;2*1H;/q2*-1;;;+4/p-2. The largest absolute Gasteiger partial charge is 4.00 e. The molecule has 0 spiro atoms. The summed E-state index contributed by atoms with van der Waals surface area (Å²) >= 11 is 0. The normalized spacial score (nSPS) is 10.0. The van der Waals surface area contributed by atoms with Crippen LogP contribution in [-0.2, 0) is 21.7 Å². The van der Waals surface area contributed by atoms with Crippen LogP contribution in [0.25, 0.3) is 12.2 Å². The van der Waals surface area contributed by atoms with Gasteiger partial charge in [-0.1, -0.05) is 32.0 Å². The van der Waals surface area contributed by atoms with Crippen molar-refractivity contribution in [2.24, 2.45) is 0 Å². The zero-order valence-electron chi connectivity index (χ0n) is 11.4. The average Bonchev–Trinajstić information content (AvgIpc) is 3.01. The minimum Gasteiger partial charge on any atom is -1.00 e. The molecule has 2 aromatic rings. The number of allylic oxidation sites excluding steroid dienone is 2. The predicted molar refractivity (Wildman–Crippen MR) is 71.6 cm³/mol. The fraction of sp³-hybridized carbons (Fsp3) is 0.125. The molecule has 0 saturated heterocycles. The third kappa shape index (κ3) is 6.15. The molecule has 0 unspecified atom stereocenters. The molecule has 1 nitrogen and oxygen atoms in total. The number of hydrogen-bond acceptors (Lipinski definition) is 0. The molecule has 0 radical (unpaired) electrons. The number of benzene rings is 1. The number of aromatic amines is 1. The van der Waals surface area contributed by atoms with Crippen molar-refractivity contribution in [3.63, 3.8) is 0 Å². The maximum atomic E-state index is 3.36. The van der Waals surface area contributed by atoms with Crippen LogP contribution in [0.5, 0.6) is 0 Å². The van der Waals surface area contributed by atoms with E-state index in [9.17, 15) is 0 Å². The first kappa shape index (κ1) is 21.6. The van der Waals surface area contributed by atoms with Gasteiger partial charge in [0.05, 0.1) is 0 Å². The van der Waals surface area contributed by atoms with Gasteiger partial charge in [-0.25, -0.2) is 0 Å². The Bertz CT molecular complexity index is 573. The van der Waals surface area contributed by atoms with Crippen LogP contribution in [-0.4, -0.2) is 4.98 Å². The zero-order chi connectivity index (χ0) is 12.1. The van der Waals surface area contributed by atoms with Gasteiger partial charge in [0.1, 0.15) is 0 Å². The van der Waals surface area contributed by atoms with Crippen molar-refractivity contribution in [3.8, 4) is 0 Å². The summed E-state index contributed by atoms with van der Waals surface area (Å²) in [7, 11) is 0. The number of H-pyrrole nitrogens is 1. The second-order valence-electron chi connectivity index (χ2n) is 4.08. The maximum Gasteiger partial charge on any atom is 4.00 e. The summed E-state index contributed by atoms with van der Waals surface area (Å²) in [6, 6.07) is 12.0. The fourth-order valence-corrected chi connectivity index (χ4v) is 1.58. The molecule has 1 aliphatic carbocycles. The Kier molecular flexibility index (Phi) is 11.9. The molecule has 102 valence electrons. The molecule has 0 bridgehead atoms. The Morgan fingerprint density at radius 3 is 2.20 bits per heavy atom. The number of aromatic nitrogens is 1. The summed E-state index contributed by atoms with van der Waals surface area (Å²) in [5, 5.41) is 2.50. The van der Waals surface area contributed by atoms with Gasteiger partial charge in [-0.05, 0) is 0 Å². The SMILES string of the molecule is CC(C)=C1[C-]=c2ccccc2=C1.[Cl-].[Cl-].[Ti+4].[c-]1ccc[nH]1. The number of fused-ring (bicyclic) bond motifs is 1. The third-order valence-corrected chi connectivity index (χ3v) is 2.51. The van der Waals surface area contributed by atoms with Gasteiger partial charge in [-0.15, -0.1) is 46.0 Å². The second-order valence-corrected chi connectivity index (χ2v) is 4.08. The molecule has 0 atom stereocenters. The smallest absolute Gasteiger partial charge is 1.00 e. The molecule has 0 fully saturated rings. The minimum atomic E-state index is 0. The summed E-state index contributed by atoms with van der Waals surface area (Å²) in [4.78, 5) is 2.74. The van der Waals surface area contributed by atoms with Gasteiger partial charge in [-0.2, -0.15) is 18.3 Å². The Balaban J connectivity index is 0. The van der Waals surface area contributed by atoms with Crippen molar-refractivity contribution in [2.75, 3.05) is 0 Å². The Morgan fingerprint density at radius 1 is 1.05 bits per heavy atom. The molecule has 4 heteroatoms. The van der Waals surface area contributed by atoms with Crippen LogP contribution in [0.4, 0.5) is 0 Å². The molecule has 1 aromatic heterocycles. The number of nitrogens with one attached hydrogen (secondary N) is 1. The van der Waals surface area contributed by atoms with E-state index >= 15 is 0 Å². The fourth-order valence-electron chi connectivity index (χ4n) is 1.58. The first-order chi connectivity index (χ1) is 8.27. The number of rotatable bonds is 0. The number of halogens is 2. The van der Waals surface area contributed by atoms with Crippen LogP contribution >= 0.6 is 0 Å². The molecular formula is C16H15Cl2NTi. The topological polar surface area (TPSA) is 15.8 Å². The molecule has 1 aliphatic rings. The molecule has 3 rings (SSSR count). The van der Waals surface area contributed by atoms with E-state index in [-0.39, 0.29) is 46.5 Å². The van der Waals surface area contributed by atoms with E-state index in [1.54, 1.807) is 0 Å². The first-order valence-electron chi connectivity index (χ1n) is 5.65. The van der Waals surface area contributed by atoms with Gasteiger partial charge in [0.15, 0.2) is 0 Å². The van der Waals surface area contributed by atoms with Gasteiger partial charge in [-0.3, -0.25) is 0 Å². The summed E-state index contributed by atoms with van der Waals surface area (Å²) in [5.41, 5.74) is 2.56. The van der Waals surface area contributed by atoms with E-state index in [2.05, 4.69) is 55.4 Å². The van der Waals surface area contributed by atoms with Gasteiger partial charge in [0, 0.05) is 0 Å².